The Kier molecular flexibility index (Phi) is 8.36. The first kappa shape index (κ1) is 32.3. The molecule has 0 radical (unpaired) electrons. The van der Waals surface area contributed by atoms with Gasteiger partial charge >= 0.3 is 0 Å². The van der Waals surface area contributed by atoms with E-state index in [0.29, 0.717) is 59.2 Å². The lowest BCUT2D eigenvalue weighted by atomic mass is 9.80. The zero-order valence-corrected chi connectivity index (χ0v) is 28.3. The number of nitriles is 1. The smallest absolute Gasteiger partial charge is 0.273 e. The molecule has 3 aromatic carbocycles. The maximum atomic E-state index is 15.6. The highest BCUT2D eigenvalue weighted by Gasteiger charge is 2.61. The number of methoxy groups -OCH3 is 1. The zero-order valence-electron chi connectivity index (χ0n) is 26.7. The minimum atomic E-state index is -4.61. The Labute approximate surface area is 288 Å². The molecule has 1 fully saturated rings. The number of halogens is 1. The largest absolute Gasteiger partial charge is 0.497 e. The number of ether oxygens (including phenoxy) is 2. The molecule has 248 valence electrons. The lowest BCUT2D eigenvalue weighted by Crippen LogP contribution is -2.60. The monoisotopic (exact) mass is 694 g/mol. The molecule has 2 aliphatic heterocycles. The van der Waals surface area contributed by atoms with Crippen molar-refractivity contribution in [2.24, 2.45) is 0 Å². The second-order valence-corrected chi connectivity index (χ2v) is 13.7. The Balaban J connectivity index is 1.49. The summed E-state index contributed by atoms with van der Waals surface area (Å²) in [5.41, 5.74) is 0.542. The van der Waals surface area contributed by atoms with E-state index in [-0.39, 0.29) is 28.3 Å². The van der Waals surface area contributed by atoms with Crippen LogP contribution in [0.5, 0.6) is 11.5 Å². The summed E-state index contributed by atoms with van der Waals surface area (Å²) in [5.74, 6) is 0.107. The van der Waals surface area contributed by atoms with E-state index in [1.807, 2.05) is 24.0 Å². The Morgan fingerprint density at radius 1 is 0.959 bits per heavy atom. The molecule has 1 saturated heterocycles. The van der Waals surface area contributed by atoms with Crippen LogP contribution in [0.3, 0.4) is 0 Å². The van der Waals surface area contributed by atoms with Crippen LogP contribution in [0, 0.1) is 11.3 Å². The molecule has 0 saturated carbocycles. The lowest BCUT2D eigenvalue weighted by Gasteiger charge is -2.46. The summed E-state index contributed by atoms with van der Waals surface area (Å²) in [6.07, 6.45) is 4.94. The van der Waals surface area contributed by atoms with Crippen molar-refractivity contribution in [3.05, 3.63) is 113 Å². The number of rotatable bonds is 8. The first-order chi connectivity index (χ1) is 23.7. The average molecular weight is 695 g/mol. The molecule has 49 heavy (non-hydrogen) atoms. The second kappa shape index (κ2) is 12.7. The first-order valence-electron chi connectivity index (χ1n) is 15.6. The molecule has 0 aliphatic carbocycles. The predicted octanol–water partition coefficient (Wildman–Crippen LogP) is 5.36. The highest BCUT2D eigenvalue weighted by atomic mass is 35.5. The number of fused-ring (bicyclic) bond motifs is 2. The SMILES string of the molecule is CCOc1ccc(OC)cc1C1(N2CCN(c3ccncc3)CC2)C(=O)N(S(=O)(=O)c2ccc(Cl)c3cccnc23)c2ccc(C#N)cc21. The van der Waals surface area contributed by atoms with Gasteiger partial charge in [0.2, 0.25) is 0 Å². The third kappa shape index (κ3) is 5.13. The number of aromatic nitrogens is 2. The van der Waals surface area contributed by atoms with Gasteiger partial charge in [0, 0.05) is 67.0 Å². The highest BCUT2D eigenvalue weighted by molar-refractivity contribution is 7.93. The minimum absolute atomic E-state index is 0.130. The Morgan fingerprint density at radius 2 is 1.73 bits per heavy atom. The van der Waals surface area contributed by atoms with Crippen molar-refractivity contribution < 1.29 is 22.7 Å². The van der Waals surface area contributed by atoms with E-state index in [1.165, 1.54) is 37.6 Å². The molecule has 0 bridgehead atoms. The number of carbonyl (C=O) groups excluding carboxylic acids is 1. The third-order valence-electron chi connectivity index (χ3n) is 9.08. The van der Waals surface area contributed by atoms with Crippen molar-refractivity contribution in [3.63, 3.8) is 0 Å². The van der Waals surface area contributed by atoms with Crippen LogP contribution in [-0.4, -0.2) is 69.1 Å². The number of anilines is 2. The number of nitrogens with zero attached hydrogens (tertiary/aromatic N) is 6. The van der Waals surface area contributed by atoms with Crippen molar-refractivity contribution in [3.8, 4) is 17.6 Å². The van der Waals surface area contributed by atoms with Crippen LogP contribution >= 0.6 is 11.6 Å². The summed E-state index contributed by atoms with van der Waals surface area (Å²) in [4.78, 5) is 28.1. The molecule has 2 aromatic heterocycles. The number of piperazine rings is 1. The van der Waals surface area contributed by atoms with Crippen molar-refractivity contribution in [2.45, 2.75) is 17.4 Å². The maximum absolute atomic E-state index is 15.6. The Hall–Kier alpha value is -5.22. The zero-order chi connectivity index (χ0) is 34.3. The van der Waals surface area contributed by atoms with E-state index >= 15 is 4.79 Å². The summed E-state index contributed by atoms with van der Waals surface area (Å²) in [6.45, 7) is 3.91. The normalized spacial score (nSPS) is 18.0. The van der Waals surface area contributed by atoms with E-state index in [0.717, 1.165) is 9.99 Å². The van der Waals surface area contributed by atoms with Gasteiger partial charge in [-0.2, -0.15) is 5.26 Å². The van der Waals surface area contributed by atoms with Crippen molar-refractivity contribution in [1.82, 2.24) is 14.9 Å². The molecule has 1 amide bonds. The minimum Gasteiger partial charge on any atom is -0.497 e. The number of amides is 1. The van der Waals surface area contributed by atoms with E-state index in [2.05, 4.69) is 20.9 Å². The third-order valence-corrected chi connectivity index (χ3v) is 11.1. The maximum Gasteiger partial charge on any atom is 0.273 e. The molecule has 5 aromatic rings. The fourth-order valence-electron chi connectivity index (χ4n) is 6.89. The fourth-order valence-corrected chi connectivity index (χ4v) is 8.72. The van der Waals surface area contributed by atoms with Crippen molar-refractivity contribution in [2.75, 3.05) is 49.1 Å². The van der Waals surface area contributed by atoms with Crippen LogP contribution < -0.4 is 18.7 Å². The lowest BCUT2D eigenvalue weighted by molar-refractivity contribution is -0.127. The number of pyridine rings is 2. The van der Waals surface area contributed by atoms with Gasteiger partial charge < -0.3 is 14.4 Å². The van der Waals surface area contributed by atoms with Crippen molar-refractivity contribution in [1.29, 1.82) is 5.26 Å². The Morgan fingerprint density at radius 3 is 2.45 bits per heavy atom. The van der Waals surface area contributed by atoms with Gasteiger partial charge in [-0.05, 0) is 79.7 Å². The van der Waals surface area contributed by atoms with E-state index < -0.39 is 21.5 Å². The number of hydrogen-bond donors (Lipinski definition) is 0. The molecule has 0 N–H and O–H groups in total. The fraction of sp³-hybridized carbons (Fsp3) is 0.222. The van der Waals surface area contributed by atoms with Gasteiger partial charge in [-0.25, -0.2) is 12.7 Å². The highest BCUT2D eigenvalue weighted by Crippen LogP contribution is 2.54. The predicted molar refractivity (Wildman–Crippen MR) is 186 cm³/mol. The average Bonchev–Trinajstić information content (AvgIpc) is 3.40. The van der Waals surface area contributed by atoms with Gasteiger partial charge in [0.25, 0.3) is 15.9 Å². The number of benzene rings is 3. The van der Waals surface area contributed by atoms with Gasteiger partial charge in [0.05, 0.1) is 41.6 Å². The number of carbonyl (C=O) groups is 1. The topological polar surface area (TPSA) is 129 Å². The quantitative estimate of drug-likeness (QED) is 0.209. The van der Waals surface area contributed by atoms with E-state index in [1.54, 1.807) is 48.8 Å². The molecule has 11 nitrogen and oxygen atoms in total. The summed E-state index contributed by atoms with van der Waals surface area (Å²) < 4.78 is 42.5. The molecule has 4 heterocycles. The second-order valence-electron chi connectivity index (χ2n) is 11.5. The molecular formula is C36H31ClN6O5S. The molecular weight excluding hydrogens is 664 g/mol. The molecule has 13 heteroatoms. The molecule has 0 spiro atoms. The van der Waals surface area contributed by atoms with E-state index in [9.17, 15) is 13.7 Å². The van der Waals surface area contributed by atoms with Gasteiger partial charge in [0.1, 0.15) is 16.4 Å². The summed E-state index contributed by atoms with van der Waals surface area (Å²) >= 11 is 6.45. The van der Waals surface area contributed by atoms with Gasteiger partial charge in [-0.3, -0.25) is 19.7 Å². The van der Waals surface area contributed by atoms with Crippen molar-refractivity contribution >= 4 is 49.8 Å². The van der Waals surface area contributed by atoms with Gasteiger partial charge in [-0.1, -0.05) is 11.6 Å². The standard InChI is InChI=1S/C36H31ClN6O5S/c1-3-48-32-10-7-26(47-2)22-29(32)36(42-19-17-41(18-20-42)25-12-15-39-16-13-25)28-21-24(23-38)6-9-31(28)43(35(36)44)49(45,46)33-11-8-30(37)27-5-4-14-40-34(27)33/h4-16,21-22H,3,17-20H2,1-2H3. The van der Waals surface area contributed by atoms with Crippen LogP contribution in [0.1, 0.15) is 23.6 Å². The van der Waals surface area contributed by atoms with Gasteiger partial charge in [0.15, 0.2) is 5.54 Å². The number of sulfonamides is 1. The van der Waals surface area contributed by atoms with Crippen LogP contribution in [-0.2, 0) is 20.4 Å². The summed E-state index contributed by atoms with van der Waals surface area (Å²) in [6, 6.07) is 22.0. The number of hydrogen-bond acceptors (Lipinski definition) is 10. The van der Waals surface area contributed by atoms with Crippen LogP contribution in [0.4, 0.5) is 11.4 Å². The molecule has 2 aliphatic rings. The summed E-state index contributed by atoms with van der Waals surface area (Å²) in [5, 5.41) is 10.8. The Bertz CT molecular complexity index is 2240. The van der Waals surface area contributed by atoms with Crippen LogP contribution in [0.2, 0.25) is 5.02 Å². The molecule has 1 atom stereocenters. The first-order valence-corrected chi connectivity index (χ1v) is 17.5. The van der Waals surface area contributed by atoms with E-state index in [4.69, 9.17) is 21.1 Å². The molecule has 7 rings (SSSR count). The van der Waals surface area contributed by atoms with Crippen LogP contribution in [0.15, 0.2) is 96.3 Å². The molecule has 1 unspecified atom stereocenters. The summed E-state index contributed by atoms with van der Waals surface area (Å²) in [7, 11) is -3.09. The van der Waals surface area contributed by atoms with Gasteiger partial charge in [-0.15, -0.1) is 0 Å². The van der Waals surface area contributed by atoms with Crippen LogP contribution in [0.25, 0.3) is 10.9 Å².